The van der Waals surface area contributed by atoms with Gasteiger partial charge in [-0.25, -0.2) is 0 Å². The van der Waals surface area contributed by atoms with Crippen molar-refractivity contribution in [3.8, 4) is 0 Å². The number of nitrogens with zero attached hydrogens (tertiary/aromatic N) is 1. The van der Waals surface area contributed by atoms with E-state index in [1.54, 1.807) is 4.90 Å². The molecule has 1 aliphatic heterocycles. The molecule has 0 aromatic heterocycles. The van der Waals surface area contributed by atoms with E-state index in [1.807, 2.05) is 0 Å². The van der Waals surface area contributed by atoms with Gasteiger partial charge in [0.2, 0.25) is 0 Å². The normalized spacial score (nSPS) is 25.8. The monoisotopic (exact) mass is 297 g/mol. The molecule has 21 heavy (non-hydrogen) atoms. The number of amides is 1. The molecular formula is C16H18F3NO. The highest BCUT2D eigenvalue weighted by Gasteiger charge is 2.40. The van der Waals surface area contributed by atoms with Gasteiger partial charge in [0.05, 0.1) is 11.1 Å². The molecule has 1 aromatic carbocycles. The number of carbonyl (C=O) groups excluding carboxylic acids is 1. The van der Waals surface area contributed by atoms with Gasteiger partial charge < -0.3 is 4.90 Å². The number of fused-ring (bicyclic) bond motifs is 1. The van der Waals surface area contributed by atoms with Gasteiger partial charge in [-0.3, -0.25) is 4.79 Å². The molecule has 1 amide bonds. The van der Waals surface area contributed by atoms with Crippen molar-refractivity contribution in [2.75, 3.05) is 13.1 Å². The van der Waals surface area contributed by atoms with E-state index in [9.17, 15) is 18.0 Å². The average Bonchev–Trinajstić information content (AvgIpc) is 2.89. The van der Waals surface area contributed by atoms with Gasteiger partial charge in [0, 0.05) is 13.1 Å². The number of hydrogen-bond donors (Lipinski definition) is 0. The second-order valence-corrected chi connectivity index (χ2v) is 6.06. The van der Waals surface area contributed by atoms with E-state index in [0.29, 0.717) is 24.9 Å². The fourth-order valence-corrected chi connectivity index (χ4v) is 3.66. The summed E-state index contributed by atoms with van der Waals surface area (Å²) in [5, 5.41) is 0. The van der Waals surface area contributed by atoms with Crippen molar-refractivity contribution in [3.05, 3.63) is 35.4 Å². The van der Waals surface area contributed by atoms with Gasteiger partial charge in [-0.1, -0.05) is 25.0 Å². The van der Waals surface area contributed by atoms with Crippen molar-refractivity contribution in [1.29, 1.82) is 0 Å². The van der Waals surface area contributed by atoms with Gasteiger partial charge in [-0.15, -0.1) is 0 Å². The highest BCUT2D eigenvalue weighted by Crippen LogP contribution is 2.38. The predicted octanol–water partition coefficient (Wildman–Crippen LogP) is 3.97. The zero-order valence-corrected chi connectivity index (χ0v) is 11.7. The van der Waals surface area contributed by atoms with Crippen molar-refractivity contribution >= 4 is 5.91 Å². The minimum Gasteiger partial charge on any atom is -0.338 e. The van der Waals surface area contributed by atoms with Crippen LogP contribution in [0.2, 0.25) is 0 Å². The molecule has 114 valence electrons. The Morgan fingerprint density at radius 1 is 1.05 bits per heavy atom. The van der Waals surface area contributed by atoms with E-state index in [-0.39, 0.29) is 5.56 Å². The summed E-state index contributed by atoms with van der Waals surface area (Å²) in [6.45, 7) is 1.21. The summed E-state index contributed by atoms with van der Waals surface area (Å²) in [4.78, 5) is 14.1. The van der Waals surface area contributed by atoms with E-state index in [2.05, 4.69) is 0 Å². The fraction of sp³-hybridized carbons (Fsp3) is 0.562. The van der Waals surface area contributed by atoms with Crippen LogP contribution in [-0.2, 0) is 6.18 Å². The average molecular weight is 297 g/mol. The maximum atomic E-state index is 13.0. The molecule has 2 unspecified atom stereocenters. The molecule has 2 atom stereocenters. The third kappa shape index (κ3) is 2.78. The third-order valence-electron chi connectivity index (χ3n) is 4.73. The van der Waals surface area contributed by atoms with E-state index in [4.69, 9.17) is 0 Å². The Bertz CT molecular complexity index is 527. The molecule has 1 aromatic rings. The maximum absolute atomic E-state index is 13.0. The van der Waals surface area contributed by atoms with Crippen LogP contribution in [0, 0.1) is 11.8 Å². The third-order valence-corrected chi connectivity index (χ3v) is 4.73. The summed E-state index contributed by atoms with van der Waals surface area (Å²) in [7, 11) is 0. The summed E-state index contributed by atoms with van der Waals surface area (Å²) in [6.07, 6.45) is 0.0358. The maximum Gasteiger partial charge on any atom is 0.417 e. The summed E-state index contributed by atoms with van der Waals surface area (Å²) >= 11 is 0. The van der Waals surface area contributed by atoms with Crippen LogP contribution in [-0.4, -0.2) is 23.9 Å². The summed E-state index contributed by atoms with van der Waals surface area (Å²) in [5.74, 6) is 0.471. The second kappa shape index (κ2) is 5.35. The molecule has 2 nitrogen and oxygen atoms in total. The zero-order chi connectivity index (χ0) is 15.0. The number of carbonyl (C=O) groups is 1. The lowest BCUT2D eigenvalue weighted by Gasteiger charge is -2.22. The van der Waals surface area contributed by atoms with Crippen LogP contribution in [0.4, 0.5) is 13.2 Å². The number of hydrogen-bond acceptors (Lipinski definition) is 1. The molecule has 2 aliphatic rings. The van der Waals surface area contributed by atoms with Gasteiger partial charge in [-0.05, 0) is 36.8 Å². The van der Waals surface area contributed by atoms with Crippen LogP contribution in [0.3, 0.4) is 0 Å². The quantitative estimate of drug-likeness (QED) is 0.768. The fourth-order valence-electron chi connectivity index (χ4n) is 3.66. The predicted molar refractivity (Wildman–Crippen MR) is 72.8 cm³/mol. The van der Waals surface area contributed by atoms with Crippen LogP contribution in [0.15, 0.2) is 24.3 Å². The standard InChI is InChI=1S/C16H18F3NO/c17-16(18,19)14-8-4-3-7-13(14)15(21)20-9-11-5-1-2-6-12(11)10-20/h3-4,7-8,11-12H,1-2,5-6,9-10H2. The van der Waals surface area contributed by atoms with E-state index in [0.717, 1.165) is 18.9 Å². The molecule has 0 bridgehead atoms. The minimum atomic E-state index is -4.49. The smallest absolute Gasteiger partial charge is 0.338 e. The SMILES string of the molecule is O=C(c1ccccc1C(F)(F)F)N1CC2CCCCC2C1. The van der Waals surface area contributed by atoms with Crippen molar-refractivity contribution in [2.45, 2.75) is 31.9 Å². The first-order valence-electron chi connectivity index (χ1n) is 7.42. The lowest BCUT2D eigenvalue weighted by atomic mass is 9.82. The molecule has 2 fully saturated rings. The summed E-state index contributed by atoms with van der Waals surface area (Å²) in [6, 6.07) is 5.08. The first kappa shape index (κ1) is 14.4. The van der Waals surface area contributed by atoms with Crippen molar-refractivity contribution < 1.29 is 18.0 Å². The Morgan fingerprint density at radius 2 is 1.62 bits per heavy atom. The second-order valence-electron chi connectivity index (χ2n) is 6.06. The molecule has 0 spiro atoms. The van der Waals surface area contributed by atoms with Crippen LogP contribution in [0.1, 0.15) is 41.6 Å². The van der Waals surface area contributed by atoms with Gasteiger partial charge >= 0.3 is 6.18 Å². The van der Waals surface area contributed by atoms with Crippen molar-refractivity contribution in [1.82, 2.24) is 4.90 Å². The topological polar surface area (TPSA) is 20.3 Å². The Kier molecular flexibility index (Phi) is 3.68. The van der Waals surface area contributed by atoms with E-state index in [1.165, 1.54) is 31.0 Å². The molecular weight excluding hydrogens is 279 g/mol. The van der Waals surface area contributed by atoms with Crippen LogP contribution in [0.25, 0.3) is 0 Å². The number of rotatable bonds is 1. The first-order chi connectivity index (χ1) is 9.97. The largest absolute Gasteiger partial charge is 0.417 e. The van der Waals surface area contributed by atoms with Crippen molar-refractivity contribution in [3.63, 3.8) is 0 Å². The Morgan fingerprint density at radius 3 is 2.19 bits per heavy atom. The van der Waals surface area contributed by atoms with Gasteiger partial charge in [0.15, 0.2) is 0 Å². The molecule has 1 saturated heterocycles. The van der Waals surface area contributed by atoms with Crippen LogP contribution < -0.4 is 0 Å². The van der Waals surface area contributed by atoms with Crippen LogP contribution in [0.5, 0.6) is 0 Å². The highest BCUT2D eigenvalue weighted by molar-refractivity contribution is 5.96. The van der Waals surface area contributed by atoms with Gasteiger partial charge in [-0.2, -0.15) is 13.2 Å². The summed E-state index contributed by atoms with van der Waals surface area (Å²) in [5.41, 5.74) is -1.05. The Labute approximate surface area is 121 Å². The molecule has 0 radical (unpaired) electrons. The number of alkyl halides is 3. The lowest BCUT2D eigenvalue weighted by molar-refractivity contribution is -0.138. The molecule has 1 heterocycles. The van der Waals surface area contributed by atoms with Crippen molar-refractivity contribution in [2.24, 2.45) is 11.8 Å². The zero-order valence-electron chi connectivity index (χ0n) is 11.7. The van der Waals surface area contributed by atoms with Gasteiger partial charge in [0.1, 0.15) is 0 Å². The van der Waals surface area contributed by atoms with Crippen LogP contribution >= 0.6 is 0 Å². The Balaban J connectivity index is 1.83. The molecule has 3 rings (SSSR count). The molecule has 0 N–H and O–H groups in total. The number of benzene rings is 1. The number of likely N-dealkylation sites (tertiary alicyclic amines) is 1. The molecule has 1 aliphatic carbocycles. The van der Waals surface area contributed by atoms with Gasteiger partial charge in [0.25, 0.3) is 5.91 Å². The van der Waals surface area contributed by atoms with E-state index >= 15 is 0 Å². The minimum absolute atomic E-state index is 0.219. The highest BCUT2D eigenvalue weighted by atomic mass is 19.4. The Hall–Kier alpha value is -1.52. The molecule has 1 saturated carbocycles. The lowest BCUT2D eigenvalue weighted by Crippen LogP contribution is -2.30. The summed E-state index contributed by atoms with van der Waals surface area (Å²) < 4.78 is 39.1. The first-order valence-corrected chi connectivity index (χ1v) is 7.42. The van der Waals surface area contributed by atoms with E-state index < -0.39 is 17.6 Å². The molecule has 5 heteroatoms. The number of halogens is 3.